The minimum Gasteiger partial charge on any atom is -0.325 e. The van der Waals surface area contributed by atoms with Gasteiger partial charge in [0.1, 0.15) is 23.0 Å². The largest absolute Gasteiger partial charge is 0.325 e. The molecular weight excluding hydrogens is 402 g/mol. The molecule has 0 unspecified atom stereocenters. The number of H-pyrrole nitrogens is 1. The molecule has 2 N–H and O–H groups in total. The van der Waals surface area contributed by atoms with Crippen LogP contribution in [0.25, 0.3) is 11.2 Å². The summed E-state index contributed by atoms with van der Waals surface area (Å²) >= 11 is 0. The summed E-state index contributed by atoms with van der Waals surface area (Å²) in [5.41, 5.74) is 4.73. The van der Waals surface area contributed by atoms with Gasteiger partial charge < -0.3 is 9.88 Å². The van der Waals surface area contributed by atoms with Gasteiger partial charge in [-0.15, -0.1) is 24.8 Å². The summed E-state index contributed by atoms with van der Waals surface area (Å²) in [6.07, 6.45) is 3.65. The number of nitrogens with zero attached hydrogens (tertiary/aromatic N) is 4. The standard InChI is InChI=1S/C19H17FN6.2ClH/c1-11-8-18(25-24-11)22-17-7-5-15-19(23-17)26(10-21-15)16-6-3-12-2-4-13(20)9-14(12)16;;/h2,4-5,7-10,16H,3,6H2,1H3,(H2,22,23,24,25);2*1H/t16-;;/m1../s1. The van der Waals surface area contributed by atoms with Gasteiger partial charge in [0.15, 0.2) is 5.65 Å². The number of nitrogens with one attached hydrogen (secondary N) is 2. The summed E-state index contributed by atoms with van der Waals surface area (Å²) in [6, 6.07) is 10.8. The number of pyridine rings is 1. The van der Waals surface area contributed by atoms with Crippen molar-refractivity contribution in [2.24, 2.45) is 0 Å². The molecule has 9 heteroatoms. The molecule has 1 aliphatic rings. The maximum Gasteiger partial charge on any atom is 0.162 e. The second-order valence-electron chi connectivity index (χ2n) is 6.64. The zero-order valence-corrected chi connectivity index (χ0v) is 16.6. The lowest BCUT2D eigenvalue weighted by Gasteiger charge is -2.14. The van der Waals surface area contributed by atoms with Crippen LogP contribution in [-0.4, -0.2) is 24.7 Å². The molecule has 1 atom stereocenters. The number of imidazole rings is 1. The highest BCUT2D eigenvalue weighted by Gasteiger charge is 2.26. The Labute approximate surface area is 173 Å². The van der Waals surface area contributed by atoms with E-state index in [0.717, 1.165) is 41.1 Å². The zero-order chi connectivity index (χ0) is 17.7. The molecule has 0 spiro atoms. The van der Waals surface area contributed by atoms with Crippen LogP contribution < -0.4 is 5.32 Å². The number of fused-ring (bicyclic) bond motifs is 2. The van der Waals surface area contributed by atoms with Gasteiger partial charge in [-0.25, -0.2) is 14.4 Å². The summed E-state index contributed by atoms with van der Waals surface area (Å²) in [5, 5.41) is 10.3. The van der Waals surface area contributed by atoms with Crippen molar-refractivity contribution >= 4 is 47.6 Å². The zero-order valence-electron chi connectivity index (χ0n) is 15.0. The molecule has 3 aromatic heterocycles. The SMILES string of the molecule is Cc1cc(Nc2ccc3ncn([C@@H]4CCc5ccc(F)cc54)c3n2)[nH]n1.Cl.Cl. The van der Waals surface area contributed by atoms with Crippen LogP contribution in [0.1, 0.15) is 29.3 Å². The molecule has 0 saturated heterocycles. The predicted octanol–water partition coefficient (Wildman–Crippen LogP) is 4.72. The van der Waals surface area contributed by atoms with E-state index in [4.69, 9.17) is 4.98 Å². The lowest BCUT2D eigenvalue weighted by molar-refractivity contribution is 0.582. The fourth-order valence-corrected chi connectivity index (χ4v) is 3.67. The van der Waals surface area contributed by atoms with Gasteiger partial charge in [0.25, 0.3) is 0 Å². The monoisotopic (exact) mass is 420 g/mol. The van der Waals surface area contributed by atoms with Crippen LogP contribution in [0, 0.1) is 12.7 Å². The summed E-state index contributed by atoms with van der Waals surface area (Å²) in [7, 11) is 0. The minimum atomic E-state index is -0.204. The van der Waals surface area contributed by atoms with Gasteiger partial charge >= 0.3 is 0 Å². The van der Waals surface area contributed by atoms with Gasteiger partial charge in [-0.2, -0.15) is 5.10 Å². The molecule has 4 aromatic rings. The number of benzene rings is 1. The van der Waals surface area contributed by atoms with Crippen LogP contribution in [0.4, 0.5) is 16.0 Å². The van der Waals surface area contributed by atoms with Crippen molar-refractivity contribution in [3.05, 3.63) is 65.4 Å². The second kappa shape index (κ2) is 7.77. The van der Waals surface area contributed by atoms with E-state index in [1.54, 1.807) is 12.4 Å². The van der Waals surface area contributed by atoms with Crippen molar-refractivity contribution in [2.75, 3.05) is 5.32 Å². The number of aryl methyl sites for hydroxylation is 2. The molecule has 0 bridgehead atoms. The van der Waals surface area contributed by atoms with Crippen molar-refractivity contribution in [3.63, 3.8) is 0 Å². The number of anilines is 2. The number of aromatic nitrogens is 5. The first-order chi connectivity index (χ1) is 12.7. The summed E-state index contributed by atoms with van der Waals surface area (Å²) in [6.45, 7) is 1.92. The number of hydrogen-bond acceptors (Lipinski definition) is 4. The number of hydrogen-bond donors (Lipinski definition) is 2. The first-order valence-corrected chi connectivity index (χ1v) is 8.58. The average Bonchev–Trinajstić information content (AvgIpc) is 3.33. The van der Waals surface area contributed by atoms with E-state index >= 15 is 0 Å². The third-order valence-electron chi connectivity index (χ3n) is 4.88. The van der Waals surface area contributed by atoms with Crippen LogP contribution in [0.15, 0.2) is 42.7 Å². The third kappa shape index (κ3) is 3.43. The summed E-state index contributed by atoms with van der Waals surface area (Å²) < 4.78 is 15.8. The van der Waals surface area contributed by atoms with E-state index in [0.29, 0.717) is 5.82 Å². The smallest absolute Gasteiger partial charge is 0.162 e. The lowest BCUT2D eigenvalue weighted by Crippen LogP contribution is -2.07. The molecule has 0 aliphatic heterocycles. The highest BCUT2D eigenvalue weighted by atomic mass is 35.5. The van der Waals surface area contributed by atoms with Crippen LogP contribution >= 0.6 is 24.8 Å². The van der Waals surface area contributed by atoms with Gasteiger partial charge in [0, 0.05) is 6.07 Å². The van der Waals surface area contributed by atoms with E-state index in [-0.39, 0.29) is 36.7 Å². The van der Waals surface area contributed by atoms with E-state index in [1.165, 1.54) is 11.6 Å². The van der Waals surface area contributed by atoms with Crippen molar-refractivity contribution in [1.82, 2.24) is 24.7 Å². The first kappa shape index (κ1) is 20.1. The van der Waals surface area contributed by atoms with Crippen LogP contribution in [-0.2, 0) is 6.42 Å². The highest BCUT2D eigenvalue weighted by molar-refractivity contribution is 5.85. The Morgan fingerprint density at radius 3 is 2.82 bits per heavy atom. The highest BCUT2D eigenvalue weighted by Crippen LogP contribution is 2.36. The molecule has 6 nitrogen and oxygen atoms in total. The van der Waals surface area contributed by atoms with Gasteiger partial charge in [0.2, 0.25) is 0 Å². The molecule has 146 valence electrons. The van der Waals surface area contributed by atoms with Gasteiger partial charge in [-0.3, -0.25) is 5.10 Å². The normalized spacial score (nSPS) is 15.0. The Balaban J connectivity index is 0.00000112. The maximum absolute atomic E-state index is 13.7. The van der Waals surface area contributed by atoms with Crippen molar-refractivity contribution in [2.45, 2.75) is 25.8 Å². The lowest BCUT2D eigenvalue weighted by atomic mass is 10.1. The van der Waals surface area contributed by atoms with Gasteiger partial charge in [0.05, 0.1) is 18.1 Å². The molecule has 1 aliphatic carbocycles. The number of aromatic amines is 1. The molecule has 0 amide bonds. The summed E-state index contributed by atoms with van der Waals surface area (Å²) in [5.74, 6) is 1.29. The maximum atomic E-state index is 13.7. The second-order valence-corrected chi connectivity index (χ2v) is 6.64. The Morgan fingerprint density at radius 1 is 1.18 bits per heavy atom. The molecule has 0 fully saturated rings. The van der Waals surface area contributed by atoms with Crippen LogP contribution in [0.5, 0.6) is 0 Å². The van der Waals surface area contributed by atoms with E-state index in [1.807, 2.05) is 35.8 Å². The minimum absolute atomic E-state index is 0. The Kier molecular flexibility index (Phi) is 5.58. The topological polar surface area (TPSA) is 71.4 Å². The Hall–Kier alpha value is -2.64. The van der Waals surface area contributed by atoms with Crippen LogP contribution in [0.2, 0.25) is 0 Å². The van der Waals surface area contributed by atoms with Crippen molar-refractivity contribution in [1.29, 1.82) is 0 Å². The molecule has 28 heavy (non-hydrogen) atoms. The van der Waals surface area contributed by atoms with E-state index in [2.05, 4.69) is 20.5 Å². The quantitative estimate of drug-likeness (QED) is 0.502. The summed E-state index contributed by atoms with van der Waals surface area (Å²) in [4.78, 5) is 9.20. The third-order valence-corrected chi connectivity index (χ3v) is 4.88. The average molecular weight is 421 g/mol. The van der Waals surface area contributed by atoms with E-state index in [9.17, 15) is 4.39 Å². The molecule has 3 heterocycles. The fraction of sp³-hybridized carbons (Fsp3) is 0.211. The van der Waals surface area contributed by atoms with Crippen LogP contribution in [0.3, 0.4) is 0 Å². The fourth-order valence-electron chi connectivity index (χ4n) is 3.67. The molecule has 5 rings (SSSR count). The predicted molar refractivity (Wildman–Crippen MR) is 111 cm³/mol. The Bertz CT molecular complexity index is 1120. The number of halogens is 3. The molecular formula is C19H19Cl2FN6. The Morgan fingerprint density at radius 2 is 2.04 bits per heavy atom. The van der Waals surface area contributed by atoms with Gasteiger partial charge in [-0.1, -0.05) is 6.07 Å². The molecule has 1 aromatic carbocycles. The first-order valence-electron chi connectivity index (χ1n) is 8.58. The van der Waals surface area contributed by atoms with E-state index < -0.39 is 0 Å². The number of rotatable bonds is 3. The van der Waals surface area contributed by atoms with Gasteiger partial charge in [-0.05, 0) is 55.2 Å². The molecule has 0 radical (unpaired) electrons. The van der Waals surface area contributed by atoms with Crippen molar-refractivity contribution in [3.8, 4) is 0 Å². The molecule has 0 saturated carbocycles. The van der Waals surface area contributed by atoms with Crippen molar-refractivity contribution < 1.29 is 4.39 Å².